The molecule has 1 atom stereocenters. The molecule has 0 aliphatic heterocycles. The van der Waals surface area contributed by atoms with E-state index in [9.17, 15) is 19.8 Å². The summed E-state index contributed by atoms with van der Waals surface area (Å²) < 4.78 is 7.69. The molecule has 0 bridgehead atoms. The van der Waals surface area contributed by atoms with E-state index in [0.29, 0.717) is 23.1 Å². The topological polar surface area (TPSA) is 88.8 Å². The molecule has 2 aliphatic carbocycles. The number of ether oxygens (including phenoxy) is 1. The Labute approximate surface area is 171 Å². The third-order valence-corrected chi connectivity index (χ3v) is 7.08. The molecule has 0 saturated heterocycles. The number of aliphatic hydroxyl groups excluding tert-OH is 1. The summed E-state index contributed by atoms with van der Waals surface area (Å²) in [6, 6.07) is 5.90. The summed E-state index contributed by atoms with van der Waals surface area (Å²) in [5.74, 6) is -0.610. The summed E-state index contributed by atoms with van der Waals surface area (Å²) in [6.07, 6.45) is 5.39. The SMILES string of the molecule is COc1c(-c2cc3c(s2)CC(O)CC3)ccc2c(=O)c(C(=O)O)cn(C3CC3)c12. The molecule has 6 nitrogen and oxygen atoms in total. The second-order valence-electron chi connectivity index (χ2n) is 7.81. The van der Waals surface area contributed by atoms with Crippen LogP contribution in [0.2, 0.25) is 0 Å². The third kappa shape index (κ3) is 2.96. The van der Waals surface area contributed by atoms with Gasteiger partial charge in [0.1, 0.15) is 5.56 Å². The summed E-state index contributed by atoms with van der Waals surface area (Å²) in [7, 11) is 1.59. The number of carboxylic acids is 1. The lowest BCUT2D eigenvalue weighted by Crippen LogP contribution is -2.19. The van der Waals surface area contributed by atoms with Crippen molar-refractivity contribution in [2.75, 3.05) is 7.11 Å². The molecule has 2 heterocycles. The molecule has 1 aromatic carbocycles. The van der Waals surface area contributed by atoms with Crippen LogP contribution in [0.4, 0.5) is 0 Å². The number of carboxylic acid groups (broad SMARTS) is 1. The summed E-state index contributed by atoms with van der Waals surface area (Å²) in [4.78, 5) is 26.6. The van der Waals surface area contributed by atoms with Crippen LogP contribution in [0.1, 0.15) is 46.1 Å². The number of fused-ring (bicyclic) bond motifs is 2. The van der Waals surface area contributed by atoms with Crippen LogP contribution in [0.25, 0.3) is 21.3 Å². The molecule has 5 rings (SSSR count). The summed E-state index contributed by atoms with van der Waals surface area (Å²) in [5.41, 5.74) is 2.13. The minimum Gasteiger partial charge on any atom is -0.494 e. The second-order valence-corrected chi connectivity index (χ2v) is 8.95. The number of aryl methyl sites for hydroxylation is 1. The first-order chi connectivity index (χ1) is 14.0. The Bertz CT molecular complexity index is 1200. The standard InChI is InChI=1S/C22H21NO5S/c1-28-21-14(18-8-11-2-5-13(24)9-17(11)29-18)6-7-15-19(21)23(12-3-4-12)10-16(20(15)25)22(26)27/h6-8,10,12-13,24H,2-5,9H2,1H3,(H,26,27). The van der Waals surface area contributed by atoms with Crippen LogP contribution in [0.15, 0.2) is 29.2 Å². The lowest BCUT2D eigenvalue weighted by molar-refractivity contribution is 0.0694. The van der Waals surface area contributed by atoms with Crippen LogP contribution in [0, 0.1) is 0 Å². The van der Waals surface area contributed by atoms with Crippen molar-refractivity contribution in [3.8, 4) is 16.2 Å². The predicted octanol–water partition coefficient (Wildman–Crippen LogP) is 3.62. The van der Waals surface area contributed by atoms with Crippen molar-refractivity contribution in [2.24, 2.45) is 0 Å². The fourth-order valence-corrected chi connectivity index (χ4v) is 5.54. The highest BCUT2D eigenvalue weighted by Crippen LogP contribution is 2.45. The first kappa shape index (κ1) is 18.4. The van der Waals surface area contributed by atoms with Crippen molar-refractivity contribution < 1.29 is 19.7 Å². The number of rotatable bonds is 4. The number of carbonyl (C=O) groups is 1. The van der Waals surface area contributed by atoms with Crippen LogP contribution in [-0.4, -0.2) is 34.0 Å². The molecule has 150 valence electrons. The average Bonchev–Trinajstić information content (AvgIpc) is 3.46. The van der Waals surface area contributed by atoms with Gasteiger partial charge in [0, 0.05) is 34.0 Å². The molecule has 2 aromatic heterocycles. The number of aliphatic hydroxyl groups is 1. The minimum absolute atomic E-state index is 0.187. The molecule has 7 heteroatoms. The van der Waals surface area contributed by atoms with Crippen LogP contribution in [-0.2, 0) is 12.8 Å². The van der Waals surface area contributed by atoms with Crippen LogP contribution in [0.5, 0.6) is 5.75 Å². The van der Waals surface area contributed by atoms with Crippen LogP contribution < -0.4 is 10.2 Å². The Morgan fingerprint density at radius 1 is 1.28 bits per heavy atom. The van der Waals surface area contributed by atoms with Gasteiger partial charge in [-0.3, -0.25) is 4.79 Å². The van der Waals surface area contributed by atoms with E-state index in [1.165, 1.54) is 16.6 Å². The molecule has 0 amide bonds. The highest BCUT2D eigenvalue weighted by molar-refractivity contribution is 7.15. The Balaban J connectivity index is 1.77. The van der Waals surface area contributed by atoms with E-state index in [1.807, 2.05) is 10.6 Å². The molecule has 2 aliphatic rings. The first-order valence-electron chi connectivity index (χ1n) is 9.77. The van der Waals surface area contributed by atoms with Gasteiger partial charge in [-0.25, -0.2) is 4.79 Å². The number of thiophene rings is 1. The molecule has 3 aromatic rings. The maximum Gasteiger partial charge on any atom is 0.341 e. The third-order valence-electron chi connectivity index (χ3n) is 5.85. The summed E-state index contributed by atoms with van der Waals surface area (Å²) >= 11 is 1.65. The number of methoxy groups -OCH3 is 1. The zero-order valence-corrected chi connectivity index (χ0v) is 16.8. The number of hydrogen-bond donors (Lipinski definition) is 2. The van der Waals surface area contributed by atoms with Gasteiger partial charge in [0.25, 0.3) is 0 Å². The fourth-order valence-electron chi connectivity index (χ4n) is 4.23. The van der Waals surface area contributed by atoms with Gasteiger partial charge < -0.3 is 19.5 Å². The van der Waals surface area contributed by atoms with E-state index in [2.05, 4.69) is 6.07 Å². The number of pyridine rings is 1. The molecule has 2 N–H and O–H groups in total. The molecule has 1 saturated carbocycles. The average molecular weight is 411 g/mol. The van der Waals surface area contributed by atoms with Crippen molar-refractivity contribution >= 4 is 28.2 Å². The molecular weight excluding hydrogens is 390 g/mol. The van der Waals surface area contributed by atoms with Gasteiger partial charge in [0.05, 0.1) is 24.1 Å². The van der Waals surface area contributed by atoms with Gasteiger partial charge in [0.15, 0.2) is 5.75 Å². The molecule has 1 fully saturated rings. The van der Waals surface area contributed by atoms with Gasteiger partial charge in [-0.2, -0.15) is 0 Å². The van der Waals surface area contributed by atoms with Gasteiger partial charge in [-0.05, 0) is 49.4 Å². The molecular formula is C22H21NO5S. The van der Waals surface area contributed by atoms with E-state index in [0.717, 1.165) is 36.1 Å². The van der Waals surface area contributed by atoms with Gasteiger partial charge in [-0.15, -0.1) is 11.3 Å². The molecule has 29 heavy (non-hydrogen) atoms. The van der Waals surface area contributed by atoms with E-state index >= 15 is 0 Å². The fraction of sp³-hybridized carbons (Fsp3) is 0.364. The number of aromatic carboxylic acids is 1. The maximum absolute atomic E-state index is 12.8. The number of hydrogen-bond acceptors (Lipinski definition) is 5. The van der Waals surface area contributed by atoms with Crippen molar-refractivity contribution in [3.63, 3.8) is 0 Å². The number of aromatic nitrogens is 1. The van der Waals surface area contributed by atoms with E-state index in [-0.39, 0.29) is 17.7 Å². The predicted molar refractivity (Wildman–Crippen MR) is 111 cm³/mol. The Morgan fingerprint density at radius 3 is 2.76 bits per heavy atom. The van der Waals surface area contributed by atoms with Gasteiger partial charge in [-0.1, -0.05) is 0 Å². The smallest absolute Gasteiger partial charge is 0.341 e. The number of nitrogens with zero attached hydrogens (tertiary/aromatic N) is 1. The Hall–Kier alpha value is -2.64. The summed E-state index contributed by atoms with van der Waals surface area (Å²) in [5, 5.41) is 19.8. The highest BCUT2D eigenvalue weighted by Gasteiger charge is 2.29. The van der Waals surface area contributed by atoms with Crippen LogP contribution >= 0.6 is 11.3 Å². The lowest BCUT2D eigenvalue weighted by Gasteiger charge is -2.17. The van der Waals surface area contributed by atoms with Crippen molar-refractivity contribution in [3.05, 3.63) is 50.6 Å². The molecule has 1 unspecified atom stereocenters. The lowest BCUT2D eigenvalue weighted by atomic mass is 9.96. The summed E-state index contributed by atoms with van der Waals surface area (Å²) in [6.45, 7) is 0. The Kier molecular flexibility index (Phi) is 4.26. The van der Waals surface area contributed by atoms with Crippen molar-refractivity contribution in [1.82, 2.24) is 4.57 Å². The van der Waals surface area contributed by atoms with Gasteiger partial charge >= 0.3 is 5.97 Å². The zero-order valence-electron chi connectivity index (χ0n) is 16.0. The first-order valence-corrected chi connectivity index (χ1v) is 10.6. The molecule has 0 spiro atoms. The largest absolute Gasteiger partial charge is 0.494 e. The quantitative estimate of drug-likeness (QED) is 0.685. The molecule has 0 radical (unpaired) electrons. The highest BCUT2D eigenvalue weighted by atomic mass is 32.1. The number of benzene rings is 1. The monoisotopic (exact) mass is 411 g/mol. The van der Waals surface area contributed by atoms with E-state index in [4.69, 9.17) is 4.74 Å². The van der Waals surface area contributed by atoms with E-state index < -0.39 is 11.4 Å². The van der Waals surface area contributed by atoms with Crippen LogP contribution in [0.3, 0.4) is 0 Å². The Morgan fingerprint density at radius 2 is 2.07 bits per heavy atom. The maximum atomic E-state index is 12.8. The zero-order chi connectivity index (χ0) is 20.3. The second kappa shape index (κ2) is 6.71. The van der Waals surface area contributed by atoms with Crippen molar-refractivity contribution in [1.29, 1.82) is 0 Å². The van der Waals surface area contributed by atoms with Crippen molar-refractivity contribution in [2.45, 2.75) is 44.2 Å². The minimum atomic E-state index is -1.21. The normalized spacial score (nSPS) is 18.6. The van der Waals surface area contributed by atoms with E-state index in [1.54, 1.807) is 24.5 Å². The van der Waals surface area contributed by atoms with Gasteiger partial charge in [0.2, 0.25) is 5.43 Å².